The Labute approximate surface area is 230 Å². The van der Waals surface area contributed by atoms with E-state index in [1.165, 1.54) is 10.2 Å². The van der Waals surface area contributed by atoms with E-state index in [2.05, 4.69) is 53.5 Å². The molecule has 0 spiro atoms. The Kier molecular flexibility index (Phi) is 7.88. The Hall–Kier alpha value is -3.46. The second-order valence-corrected chi connectivity index (χ2v) is 12.0. The van der Waals surface area contributed by atoms with Crippen LogP contribution in [-0.2, 0) is 12.5 Å². The molecule has 208 valence electrons. The highest BCUT2D eigenvalue weighted by molar-refractivity contribution is 5.96. The quantitative estimate of drug-likeness (QED) is 0.435. The molecule has 9 heteroatoms. The summed E-state index contributed by atoms with van der Waals surface area (Å²) in [5.74, 6) is 1.82. The van der Waals surface area contributed by atoms with Gasteiger partial charge >= 0.3 is 0 Å². The number of nitrogens with one attached hydrogen (secondary N) is 2. The lowest BCUT2D eigenvalue weighted by Gasteiger charge is -2.33. The van der Waals surface area contributed by atoms with Crippen LogP contribution in [0.5, 0.6) is 0 Å². The van der Waals surface area contributed by atoms with E-state index < -0.39 is 0 Å². The van der Waals surface area contributed by atoms with E-state index in [0.717, 1.165) is 63.2 Å². The van der Waals surface area contributed by atoms with Gasteiger partial charge in [0.2, 0.25) is 0 Å². The van der Waals surface area contributed by atoms with Crippen LogP contribution in [-0.4, -0.2) is 51.5 Å². The van der Waals surface area contributed by atoms with Crippen LogP contribution >= 0.6 is 0 Å². The summed E-state index contributed by atoms with van der Waals surface area (Å²) in [6.07, 6.45) is 6.57. The molecule has 9 nitrogen and oxygen atoms in total. The molecular weight excluding hydrogens is 490 g/mol. The molecule has 0 radical (unpaired) electrons. The van der Waals surface area contributed by atoms with Gasteiger partial charge in [-0.3, -0.25) is 14.3 Å². The number of anilines is 3. The third-order valence-corrected chi connectivity index (χ3v) is 7.99. The van der Waals surface area contributed by atoms with Gasteiger partial charge in [0.1, 0.15) is 5.69 Å². The summed E-state index contributed by atoms with van der Waals surface area (Å²) in [5.41, 5.74) is 2.32. The Balaban J connectivity index is 1.26. The van der Waals surface area contributed by atoms with Gasteiger partial charge in [-0.1, -0.05) is 45.0 Å². The lowest BCUT2D eigenvalue weighted by atomic mass is 9.85. The standard InChI is InChI=1S/C30H41N7O2/c1-30(2,3)23-9-7-22(8-10-23)26(38)18-21-6-5-16-36(20-21)28-19-25(29(39)35(4)34-28)32-27-13-17-37(33-27)24-11-14-31-15-12-24/h7-10,13,17,19,21,24,31H,5-6,11-12,14-16,18,20H2,1-4H3,(H,32,33)/t21-/m0/s1. The minimum absolute atomic E-state index is 0.0646. The van der Waals surface area contributed by atoms with Gasteiger partial charge in [0.05, 0.1) is 6.04 Å². The Morgan fingerprint density at radius 1 is 1.08 bits per heavy atom. The third kappa shape index (κ3) is 6.41. The number of aromatic nitrogens is 4. The number of nitrogens with zero attached hydrogens (tertiary/aromatic N) is 5. The molecule has 5 rings (SSSR count). The molecule has 1 aromatic carbocycles. The van der Waals surface area contributed by atoms with Gasteiger partial charge in [-0.15, -0.1) is 0 Å². The molecule has 0 bridgehead atoms. The highest BCUT2D eigenvalue weighted by Gasteiger charge is 2.25. The van der Waals surface area contributed by atoms with Gasteiger partial charge in [-0.25, -0.2) is 4.68 Å². The molecule has 0 aliphatic carbocycles. The number of hydrogen-bond acceptors (Lipinski definition) is 7. The van der Waals surface area contributed by atoms with Crippen LogP contribution in [0.1, 0.15) is 74.8 Å². The van der Waals surface area contributed by atoms with Crippen molar-refractivity contribution in [1.82, 2.24) is 24.9 Å². The largest absolute Gasteiger partial charge is 0.355 e. The number of rotatable bonds is 7. The van der Waals surface area contributed by atoms with Crippen LogP contribution < -0.4 is 21.1 Å². The summed E-state index contributed by atoms with van der Waals surface area (Å²) in [6, 6.07) is 12.2. The average Bonchev–Trinajstić information content (AvgIpc) is 3.40. The fourth-order valence-corrected chi connectivity index (χ4v) is 5.63. The zero-order valence-corrected chi connectivity index (χ0v) is 23.6. The first-order valence-corrected chi connectivity index (χ1v) is 14.2. The van der Waals surface area contributed by atoms with Gasteiger partial charge < -0.3 is 15.5 Å². The SMILES string of the molecule is Cn1nc(N2CCC[C@@H](CC(=O)c3ccc(C(C)(C)C)cc3)C2)cc(Nc2ccn(C3CCNCC3)n2)c1=O. The predicted octanol–water partition coefficient (Wildman–Crippen LogP) is 4.43. The maximum atomic E-state index is 13.1. The summed E-state index contributed by atoms with van der Waals surface area (Å²) in [5, 5.41) is 15.9. The van der Waals surface area contributed by atoms with Gasteiger partial charge in [-0.05, 0) is 55.7 Å². The van der Waals surface area contributed by atoms with Crippen LogP contribution in [0.2, 0.25) is 0 Å². The second-order valence-electron chi connectivity index (χ2n) is 12.0. The maximum absolute atomic E-state index is 13.1. The van der Waals surface area contributed by atoms with Crippen molar-refractivity contribution in [1.29, 1.82) is 0 Å². The van der Waals surface area contributed by atoms with Gasteiger partial charge in [-0.2, -0.15) is 10.2 Å². The van der Waals surface area contributed by atoms with E-state index in [0.29, 0.717) is 24.0 Å². The lowest BCUT2D eigenvalue weighted by molar-refractivity contribution is 0.0956. The summed E-state index contributed by atoms with van der Waals surface area (Å²) >= 11 is 0. The van der Waals surface area contributed by atoms with E-state index in [4.69, 9.17) is 5.10 Å². The Morgan fingerprint density at radius 3 is 2.54 bits per heavy atom. The first-order valence-electron chi connectivity index (χ1n) is 14.2. The molecule has 1 atom stereocenters. The number of carbonyl (C=O) groups is 1. The van der Waals surface area contributed by atoms with Crippen molar-refractivity contribution in [3.8, 4) is 0 Å². The molecule has 0 saturated carbocycles. The number of ketones is 1. The lowest BCUT2D eigenvalue weighted by Crippen LogP contribution is -2.38. The van der Waals surface area contributed by atoms with Crippen molar-refractivity contribution in [2.24, 2.45) is 13.0 Å². The molecule has 2 aromatic heterocycles. The van der Waals surface area contributed by atoms with Crippen molar-refractivity contribution < 1.29 is 4.79 Å². The summed E-state index contributed by atoms with van der Waals surface area (Å²) in [7, 11) is 1.68. The van der Waals surface area contributed by atoms with Crippen molar-refractivity contribution in [3.63, 3.8) is 0 Å². The molecule has 2 aliphatic rings. The number of carbonyl (C=O) groups excluding carboxylic acids is 1. The minimum Gasteiger partial charge on any atom is -0.355 e. The van der Waals surface area contributed by atoms with Gasteiger partial charge in [0.25, 0.3) is 5.56 Å². The van der Waals surface area contributed by atoms with E-state index in [9.17, 15) is 9.59 Å². The van der Waals surface area contributed by atoms with Crippen molar-refractivity contribution in [2.75, 3.05) is 36.4 Å². The van der Waals surface area contributed by atoms with Crippen molar-refractivity contribution in [3.05, 3.63) is 64.1 Å². The van der Waals surface area contributed by atoms with Crippen LogP contribution in [0.4, 0.5) is 17.3 Å². The smallest absolute Gasteiger partial charge is 0.290 e. The summed E-state index contributed by atoms with van der Waals surface area (Å²) in [4.78, 5) is 28.2. The highest BCUT2D eigenvalue weighted by Crippen LogP contribution is 2.28. The number of piperidine rings is 2. The zero-order valence-electron chi connectivity index (χ0n) is 23.6. The van der Waals surface area contributed by atoms with E-state index in [1.807, 2.05) is 35.1 Å². The third-order valence-electron chi connectivity index (χ3n) is 7.99. The number of benzene rings is 1. The molecule has 0 unspecified atom stereocenters. The monoisotopic (exact) mass is 531 g/mol. The van der Waals surface area contributed by atoms with Crippen LogP contribution in [0, 0.1) is 5.92 Å². The fraction of sp³-hybridized carbons (Fsp3) is 0.533. The molecule has 2 N–H and O–H groups in total. The van der Waals surface area contributed by atoms with Crippen molar-refractivity contribution >= 4 is 23.1 Å². The average molecular weight is 532 g/mol. The predicted molar refractivity (Wildman–Crippen MR) is 155 cm³/mol. The van der Waals surface area contributed by atoms with E-state index >= 15 is 0 Å². The van der Waals surface area contributed by atoms with Gasteiger partial charge in [0.15, 0.2) is 17.4 Å². The normalized spacial score (nSPS) is 18.8. The van der Waals surface area contributed by atoms with Crippen LogP contribution in [0.3, 0.4) is 0 Å². The number of hydrogen-bond donors (Lipinski definition) is 2. The molecule has 2 fully saturated rings. The van der Waals surface area contributed by atoms with E-state index in [-0.39, 0.29) is 22.7 Å². The Morgan fingerprint density at radius 2 is 1.82 bits per heavy atom. The van der Waals surface area contributed by atoms with Crippen molar-refractivity contribution in [2.45, 2.75) is 64.3 Å². The molecule has 2 aliphatic heterocycles. The molecule has 39 heavy (non-hydrogen) atoms. The number of Topliss-reactive ketones (excluding diaryl/α,β-unsaturated/α-hetero) is 1. The highest BCUT2D eigenvalue weighted by atomic mass is 16.1. The molecule has 4 heterocycles. The topological polar surface area (TPSA) is 97.1 Å². The van der Waals surface area contributed by atoms with Crippen LogP contribution in [0.15, 0.2) is 47.4 Å². The zero-order chi connectivity index (χ0) is 27.6. The molecule has 0 amide bonds. The fourth-order valence-electron chi connectivity index (χ4n) is 5.63. The Bertz CT molecular complexity index is 1350. The molecule has 3 aromatic rings. The first-order chi connectivity index (χ1) is 18.7. The molecular formula is C30H41N7O2. The maximum Gasteiger partial charge on any atom is 0.290 e. The second kappa shape index (κ2) is 11.3. The van der Waals surface area contributed by atoms with Gasteiger partial charge in [0, 0.05) is 50.5 Å². The summed E-state index contributed by atoms with van der Waals surface area (Å²) in [6.45, 7) is 10.1. The van der Waals surface area contributed by atoms with Crippen LogP contribution in [0.25, 0.3) is 0 Å². The minimum atomic E-state index is -0.197. The molecule has 2 saturated heterocycles. The first kappa shape index (κ1) is 27.1. The number of aryl methyl sites for hydroxylation is 1. The van der Waals surface area contributed by atoms with E-state index in [1.54, 1.807) is 7.05 Å². The summed E-state index contributed by atoms with van der Waals surface area (Å²) < 4.78 is 3.38.